The van der Waals surface area contributed by atoms with Gasteiger partial charge in [0.15, 0.2) is 0 Å². The quantitative estimate of drug-likeness (QED) is 0.544. The maximum Gasteiger partial charge on any atom is 0.140 e. The maximum absolute atomic E-state index is 2.33. The molecule has 0 unspecified atom stereocenters. The molecule has 0 spiro atoms. The third-order valence-corrected chi connectivity index (χ3v) is 4.68. The van der Waals surface area contributed by atoms with Crippen molar-refractivity contribution in [3.63, 3.8) is 0 Å². The molecule has 0 saturated carbocycles. The van der Waals surface area contributed by atoms with Crippen LogP contribution in [-0.2, 0) is 0 Å². The van der Waals surface area contributed by atoms with Gasteiger partial charge in [-0.05, 0) is 44.2 Å². The van der Waals surface area contributed by atoms with Crippen molar-refractivity contribution < 1.29 is 12.4 Å². The molecule has 116 valence electrons. The molecule has 2 heteroatoms. The van der Waals surface area contributed by atoms with Crippen molar-refractivity contribution in [2.75, 3.05) is 19.6 Å². The second-order valence-corrected chi connectivity index (χ2v) is 5.71. The molecule has 0 amide bonds. The summed E-state index contributed by atoms with van der Waals surface area (Å²) in [5, 5.41) is 2.79. The van der Waals surface area contributed by atoms with Crippen molar-refractivity contribution >= 4 is 16.5 Å². The Bertz CT molecular complexity index is 541. The molecule has 0 aromatic heterocycles. The van der Waals surface area contributed by atoms with Gasteiger partial charge in [-0.1, -0.05) is 43.7 Å². The van der Waals surface area contributed by atoms with Crippen LogP contribution in [0.2, 0.25) is 0 Å². The van der Waals surface area contributed by atoms with E-state index in [9.17, 15) is 0 Å². The topological polar surface area (TPSA) is 0 Å². The van der Waals surface area contributed by atoms with Gasteiger partial charge in [0.2, 0.25) is 0 Å². The van der Waals surface area contributed by atoms with Crippen LogP contribution in [-0.4, -0.2) is 19.6 Å². The summed E-state index contributed by atoms with van der Waals surface area (Å²) in [7, 11) is 0. The van der Waals surface area contributed by atoms with E-state index >= 15 is 0 Å². The highest BCUT2D eigenvalue weighted by Gasteiger charge is 2.27. The van der Waals surface area contributed by atoms with E-state index in [0.717, 1.165) is 4.48 Å². The number of nitrogens with zero attached hydrogens (tertiary/aromatic N) is 1. The Morgan fingerprint density at radius 2 is 1.48 bits per heavy atom. The van der Waals surface area contributed by atoms with Gasteiger partial charge in [-0.3, -0.25) is 4.48 Å². The van der Waals surface area contributed by atoms with Crippen molar-refractivity contribution in [1.82, 2.24) is 4.48 Å². The Hall–Kier alpha value is -1.05. The van der Waals surface area contributed by atoms with Crippen molar-refractivity contribution in [1.29, 1.82) is 0 Å². The van der Waals surface area contributed by atoms with E-state index in [1.165, 1.54) is 55.4 Å². The predicted octanol–water partition coefficient (Wildman–Crippen LogP) is 2.38. The van der Waals surface area contributed by atoms with E-state index in [-0.39, 0.29) is 12.4 Å². The molecule has 1 nitrogen and oxygen atoms in total. The zero-order valence-electron chi connectivity index (χ0n) is 13.6. The summed E-state index contributed by atoms with van der Waals surface area (Å²) in [6.07, 6.45) is 3.95. The highest BCUT2D eigenvalue weighted by molar-refractivity contribution is 5.93. The minimum Gasteiger partial charge on any atom is -1.00 e. The normalized spacial score (nSPS) is 11.4. The molecule has 0 aliphatic carbocycles. The van der Waals surface area contributed by atoms with Crippen LogP contribution in [0.5, 0.6) is 0 Å². The molecular weight excluding hydrogens is 278 g/mol. The van der Waals surface area contributed by atoms with Crippen LogP contribution in [0.3, 0.4) is 0 Å². The fourth-order valence-corrected chi connectivity index (χ4v) is 3.29. The zero-order valence-corrected chi connectivity index (χ0v) is 14.4. The first kappa shape index (κ1) is 18.0. The third-order valence-electron chi connectivity index (χ3n) is 4.68. The average molecular weight is 306 g/mol. The van der Waals surface area contributed by atoms with Crippen LogP contribution in [0.1, 0.15) is 40.0 Å². The first-order valence-electron chi connectivity index (χ1n) is 8.11. The Balaban J connectivity index is 0.00000220. The Labute approximate surface area is 136 Å². The minimum atomic E-state index is 0. The lowest BCUT2D eigenvalue weighted by Gasteiger charge is -2.37. The smallest absolute Gasteiger partial charge is 0.140 e. The first-order chi connectivity index (χ1) is 9.77. The lowest BCUT2D eigenvalue weighted by molar-refractivity contribution is -0.00000421. The van der Waals surface area contributed by atoms with Gasteiger partial charge in [0.1, 0.15) is 5.69 Å². The maximum atomic E-state index is 2.33. The summed E-state index contributed by atoms with van der Waals surface area (Å²) in [5.41, 5.74) is 1.50. The molecule has 2 rings (SSSR count). The van der Waals surface area contributed by atoms with Crippen LogP contribution >= 0.6 is 0 Å². The number of hydrogen-bond acceptors (Lipinski definition) is 0. The van der Waals surface area contributed by atoms with Crippen molar-refractivity contribution in [3.8, 4) is 0 Å². The largest absolute Gasteiger partial charge is 1.00 e. The van der Waals surface area contributed by atoms with E-state index < -0.39 is 0 Å². The van der Waals surface area contributed by atoms with Gasteiger partial charge in [-0.15, -0.1) is 0 Å². The summed E-state index contributed by atoms with van der Waals surface area (Å²) in [6, 6.07) is 15.6. The van der Waals surface area contributed by atoms with E-state index in [1.807, 2.05) is 0 Å². The number of halogens is 1. The first-order valence-corrected chi connectivity index (χ1v) is 8.11. The third kappa shape index (κ3) is 3.78. The Morgan fingerprint density at radius 3 is 2.14 bits per heavy atom. The van der Waals surface area contributed by atoms with E-state index in [0.29, 0.717) is 0 Å². The molecule has 0 bridgehead atoms. The zero-order chi connectivity index (χ0) is 14.4. The van der Waals surface area contributed by atoms with Gasteiger partial charge in [0.25, 0.3) is 0 Å². The molecule has 0 aliphatic rings. The van der Waals surface area contributed by atoms with E-state index in [2.05, 4.69) is 63.2 Å². The van der Waals surface area contributed by atoms with Crippen LogP contribution in [0.15, 0.2) is 42.5 Å². The van der Waals surface area contributed by atoms with Gasteiger partial charge in [-0.25, -0.2) is 0 Å². The van der Waals surface area contributed by atoms with Gasteiger partial charge in [-0.2, -0.15) is 0 Å². The fourth-order valence-electron chi connectivity index (χ4n) is 3.29. The van der Waals surface area contributed by atoms with Crippen molar-refractivity contribution in [3.05, 3.63) is 42.5 Å². The summed E-state index contributed by atoms with van der Waals surface area (Å²) in [5.74, 6) is 0. The lowest BCUT2D eigenvalue weighted by Crippen LogP contribution is -3.00. The molecule has 0 radical (unpaired) electrons. The second kappa shape index (κ2) is 8.41. The summed E-state index contributed by atoms with van der Waals surface area (Å²) < 4.78 is 1.11. The van der Waals surface area contributed by atoms with Crippen LogP contribution in [0.25, 0.3) is 10.8 Å². The molecule has 0 saturated heterocycles. The van der Waals surface area contributed by atoms with Crippen LogP contribution in [0.4, 0.5) is 5.69 Å². The molecule has 0 atom stereocenters. The monoisotopic (exact) mass is 305 g/mol. The molecule has 0 aliphatic heterocycles. The number of rotatable bonds is 7. The second-order valence-electron chi connectivity index (χ2n) is 5.71. The van der Waals surface area contributed by atoms with E-state index in [1.54, 1.807) is 0 Å². The molecule has 0 fully saturated rings. The van der Waals surface area contributed by atoms with Gasteiger partial charge in [0.05, 0.1) is 19.6 Å². The SMILES string of the molecule is CCCCC[N+](CC)(CC)c1cccc2ccccc12.[Cl-]. The van der Waals surface area contributed by atoms with Gasteiger partial charge in [0, 0.05) is 5.39 Å². The summed E-state index contributed by atoms with van der Waals surface area (Å²) in [4.78, 5) is 0. The predicted molar refractivity (Wildman–Crippen MR) is 91.2 cm³/mol. The summed E-state index contributed by atoms with van der Waals surface area (Å²) in [6.45, 7) is 10.6. The lowest BCUT2D eigenvalue weighted by atomic mass is 10.1. The van der Waals surface area contributed by atoms with Crippen molar-refractivity contribution in [2.45, 2.75) is 40.0 Å². The standard InChI is InChI=1S/C19H28N.ClH/c1-4-7-10-16-20(5-2,6-3)19-15-11-13-17-12-8-9-14-18(17)19;/h8-9,11-15H,4-7,10,16H2,1-3H3;1H/q+1;/p-1. The number of benzene rings is 2. The fraction of sp³-hybridized carbons (Fsp3) is 0.474. The molecular formula is C19H28ClN. The molecule has 2 aromatic carbocycles. The molecule has 0 heterocycles. The highest BCUT2D eigenvalue weighted by Crippen LogP contribution is 2.32. The van der Waals surface area contributed by atoms with Crippen molar-refractivity contribution in [2.24, 2.45) is 0 Å². The number of quaternary nitrogens is 1. The van der Waals surface area contributed by atoms with E-state index in [4.69, 9.17) is 0 Å². The molecule has 0 N–H and O–H groups in total. The van der Waals surface area contributed by atoms with Crippen LogP contribution < -0.4 is 16.9 Å². The Kier molecular flexibility index (Phi) is 7.21. The minimum absolute atomic E-state index is 0. The number of unbranched alkanes of at least 4 members (excludes halogenated alkanes) is 2. The summed E-state index contributed by atoms with van der Waals surface area (Å²) >= 11 is 0. The van der Waals surface area contributed by atoms with Crippen LogP contribution in [0, 0.1) is 0 Å². The Morgan fingerprint density at radius 1 is 0.810 bits per heavy atom. The van der Waals surface area contributed by atoms with Gasteiger partial charge >= 0.3 is 0 Å². The average Bonchev–Trinajstić information content (AvgIpc) is 2.52. The molecule has 2 aromatic rings. The molecule has 21 heavy (non-hydrogen) atoms. The number of fused-ring (bicyclic) bond motifs is 1. The highest BCUT2D eigenvalue weighted by atomic mass is 35.5. The van der Waals surface area contributed by atoms with Gasteiger partial charge < -0.3 is 12.4 Å². The number of hydrogen-bond donors (Lipinski definition) is 0.